The number of hydrogen-bond donors (Lipinski definition) is 2. The van der Waals surface area contributed by atoms with E-state index < -0.39 is 29.2 Å². The number of para-hydroxylation sites is 1. The van der Waals surface area contributed by atoms with Gasteiger partial charge in [0.05, 0.1) is 17.8 Å². The lowest BCUT2D eigenvalue weighted by Gasteiger charge is -2.22. The van der Waals surface area contributed by atoms with E-state index in [1.54, 1.807) is 4.90 Å². The second-order valence-electron chi connectivity index (χ2n) is 7.71. The summed E-state index contributed by atoms with van der Waals surface area (Å²) in [6.07, 6.45) is -4.07. The number of halogens is 6. The van der Waals surface area contributed by atoms with Gasteiger partial charge in [-0.3, -0.25) is 9.69 Å². The van der Waals surface area contributed by atoms with Gasteiger partial charge < -0.3 is 15.5 Å². The average Bonchev–Trinajstić information content (AvgIpc) is 2.99. The van der Waals surface area contributed by atoms with Crippen LogP contribution in [-0.4, -0.2) is 60.0 Å². The van der Waals surface area contributed by atoms with Crippen LogP contribution in [0.25, 0.3) is 0 Å². The van der Waals surface area contributed by atoms with Crippen molar-refractivity contribution >= 4 is 35.1 Å². The minimum absolute atomic E-state index is 0.00273. The molecular weight excluding hydrogens is 498 g/mol. The van der Waals surface area contributed by atoms with Crippen LogP contribution in [0.3, 0.4) is 0 Å². The second-order valence-corrected chi connectivity index (χ2v) is 8.85. The van der Waals surface area contributed by atoms with Crippen molar-refractivity contribution in [2.24, 2.45) is 0 Å². The third kappa shape index (κ3) is 8.35. The Kier molecular flexibility index (Phi) is 8.54. The van der Waals surface area contributed by atoms with Gasteiger partial charge in [-0.25, -0.2) is 4.79 Å². The fraction of sp³-hybridized carbons (Fsp3) is 0.364. The summed E-state index contributed by atoms with van der Waals surface area (Å²) in [4.78, 5) is 28.2. The number of anilines is 2. The van der Waals surface area contributed by atoms with Crippen LogP contribution in [0, 0.1) is 0 Å². The third-order valence-corrected chi connectivity index (χ3v) is 5.83. The van der Waals surface area contributed by atoms with E-state index >= 15 is 0 Å². The Morgan fingerprint density at radius 2 is 1.54 bits per heavy atom. The van der Waals surface area contributed by atoms with Crippen molar-refractivity contribution in [2.45, 2.75) is 23.0 Å². The van der Waals surface area contributed by atoms with Crippen molar-refractivity contribution in [3.63, 3.8) is 0 Å². The number of urea groups is 1. The molecule has 3 amide bonds. The molecule has 0 radical (unpaired) electrons. The highest BCUT2D eigenvalue weighted by molar-refractivity contribution is 8.00. The van der Waals surface area contributed by atoms with Gasteiger partial charge in [0.1, 0.15) is 0 Å². The first kappa shape index (κ1) is 26.7. The molecule has 1 aliphatic heterocycles. The maximum absolute atomic E-state index is 13.1. The van der Waals surface area contributed by atoms with Crippen LogP contribution in [0.2, 0.25) is 0 Å². The predicted octanol–water partition coefficient (Wildman–Crippen LogP) is 5.50. The number of benzene rings is 2. The van der Waals surface area contributed by atoms with E-state index in [1.807, 2.05) is 0 Å². The first-order chi connectivity index (χ1) is 16.4. The molecule has 0 saturated carbocycles. The Labute approximate surface area is 201 Å². The molecule has 0 unspecified atom stereocenters. The number of nitrogens with one attached hydrogen (secondary N) is 2. The van der Waals surface area contributed by atoms with Crippen LogP contribution in [0.4, 0.5) is 42.5 Å². The zero-order valence-corrected chi connectivity index (χ0v) is 19.1. The van der Waals surface area contributed by atoms with Gasteiger partial charge in [0.15, 0.2) is 0 Å². The number of carbonyl (C=O) groups excluding carboxylic acids is 2. The smallest absolute Gasteiger partial charge is 0.324 e. The van der Waals surface area contributed by atoms with E-state index in [2.05, 4.69) is 10.6 Å². The topological polar surface area (TPSA) is 64.7 Å². The summed E-state index contributed by atoms with van der Waals surface area (Å²) in [5.74, 6) is -0.601. The predicted molar refractivity (Wildman–Crippen MR) is 120 cm³/mol. The number of thioether (sulfide) groups is 1. The third-order valence-electron chi connectivity index (χ3n) is 5.09. The number of rotatable bonds is 5. The number of hydrogen-bond acceptors (Lipinski definition) is 4. The van der Waals surface area contributed by atoms with Crippen LogP contribution in [0.1, 0.15) is 12.0 Å². The first-order valence-corrected chi connectivity index (χ1v) is 11.3. The molecule has 2 aromatic rings. The fourth-order valence-electron chi connectivity index (χ4n) is 3.51. The molecule has 0 spiro atoms. The molecule has 1 saturated heterocycles. The van der Waals surface area contributed by atoms with Gasteiger partial charge in [0, 0.05) is 36.8 Å². The van der Waals surface area contributed by atoms with Gasteiger partial charge in [-0.15, -0.1) is 0 Å². The van der Waals surface area contributed by atoms with Crippen LogP contribution in [0.5, 0.6) is 0 Å². The average molecular weight is 520 g/mol. The van der Waals surface area contributed by atoms with Gasteiger partial charge in [-0.1, -0.05) is 12.1 Å². The van der Waals surface area contributed by atoms with E-state index in [4.69, 9.17) is 0 Å². The van der Waals surface area contributed by atoms with E-state index in [0.717, 1.165) is 6.07 Å². The molecule has 35 heavy (non-hydrogen) atoms. The van der Waals surface area contributed by atoms with Crippen LogP contribution < -0.4 is 10.6 Å². The van der Waals surface area contributed by atoms with Crippen LogP contribution >= 0.6 is 11.8 Å². The van der Waals surface area contributed by atoms with E-state index in [0.29, 0.717) is 31.7 Å². The fourth-order valence-corrected chi connectivity index (χ4v) is 4.05. The number of amides is 3. The molecule has 13 heteroatoms. The lowest BCUT2D eigenvalue weighted by molar-refractivity contribution is -0.137. The van der Waals surface area contributed by atoms with E-state index in [9.17, 15) is 35.9 Å². The minimum Gasteiger partial charge on any atom is -0.324 e. The van der Waals surface area contributed by atoms with Gasteiger partial charge >= 0.3 is 17.7 Å². The largest absolute Gasteiger partial charge is 0.446 e. The summed E-state index contributed by atoms with van der Waals surface area (Å²) in [7, 11) is 0. The quantitative estimate of drug-likeness (QED) is 0.404. The Morgan fingerprint density at radius 3 is 2.20 bits per heavy atom. The Bertz CT molecular complexity index is 1030. The summed E-state index contributed by atoms with van der Waals surface area (Å²) in [5, 5.41) is 4.93. The number of alkyl halides is 6. The molecule has 0 bridgehead atoms. The molecule has 2 N–H and O–H groups in total. The highest BCUT2D eigenvalue weighted by atomic mass is 32.2. The lowest BCUT2D eigenvalue weighted by atomic mass is 10.1. The molecule has 3 rings (SSSR count). The number of carbonyl (C=O) groups is 2. The van der Waals surface area contributed by atoms with Gasteiger partial charge in [-0.05, 0) is 54.6 Å². The monoisotopic (exact) mass is 520 g/mol. The maximum Gasteiger partial charge on any atom is 0.446 e. The van der Waals surface area contributed by atoms with Gasteiger partial charge in [0.25, 0.3) is 0 Å². The molecule has 2 aromatic carbocycles. The van der Waals surface area contributed by atoms with Crippen LogP contribution in [0.15, 0.2) is 53.4 Å². The molecule has 1 aliphatic rings. The highest BCUT2D eigenvalue weighted by Gasteiger charge is 2.33. The van der Waals surface area contributed by atoms with Crippen molar-refractivity contribution < 1.29 is 35.9 Å². The summed E-state index contributed by atoms with van der Waals surface area (Å²) >= 11 is -0.251. The molecule has 190 valence electrons. The zero-order chi connectivity index (χ0) is 25.6. The second kappa shape index (κ2) is 11.2. The summed E-state index contributed by atoms with van der Waals surface area (Å²) < 4.78 is 76.7. The molecular formula is C22H22F6N4O2S. The van der Waals surface area contributed by atoms with Crippen molar-refractivity contribution in [3.05, 3.63) is 54.1 Å². The first-order valence-electron chi connectivity index (χ1n) is 10.5. The SMILES string of the molecule is O=C(CN1CCCN(C(=O)Nc2ccc(SC(F)(F)F)cc2)CC1)Nc1ccccc1C(F)(F)F. The van der Waals surface area contributed by atoms with E-state index in [-0.39, 0.29) is 35.4 Å². The van der Waals surface area contributed by atoms with Crippen molar-refractivity contribution in [2.75, 3.05) is 43.4 Å². The lowest BCUT2D eigenvalue weighted by Crippen LogP contribution is -2.39. The molecule has 0 aromatic heterocycles. The Hall–Kier alpha value is -2.93. The maximum atomic E-state index is 13.1. The van der Waals surface area contributed by atoms with Gasteiger partial charge in [0.2, 0.25) is 5.91 Å². The molecule has 6 nitrogen and oxygen atoms in total. The summed E-state index contributed by atoms with van der Waals surface area (Å²) in [6, 6.07) is 9.54. The molecule has 0 aliphatic carbocycles. The summed E-state index contributed by atoms with van der Waals surface area (Å²) in [6.45, 7) is 1.29. The van der Waals surface area contributed by atoms with Crippen molar-refractivity contribution in [1.29, 1.82) is 0 Å². The van der Waals surface area contributed by atoms with Gasteiger partial charge in [-0.2, -0.15) is 26.3 Å². The van der Waals surface area contributed by atoms with Crippen molar-refractivity contribution in [3.8, 4) is 0 Å². The normalized spacial score (nSPS) is 15.4. The summed E-state index contributed by atoms with van der Waals surface area (Å²) in [5.41, 5.74) is -5.32. The molecule has 1 fully saturated rings. The van der Waals surface area contributed by atoms with E-state index in [1.165, 1.54) is 47.4 Å². The zero-order valence-electron chi connectivity index (χ0n) is 18.2. The molecule has 0 atom stereocenters. The Morgan fingerprint density at radius 1 is 0.857 bits per heavy atom. The minimum atomic E-state index is -4.60. The van der Waals surface area contributed by atoms with Crippen LogP contribution in [-0.2, 0) is 11.0 Å². The standard InChI is InChI=1S/C22H22F6N4O2S/c23-21(24,25)17-4-1-2-5-18(17)30-19(33)14-31-10-3-11-32(13-12-31)20(34)29-15-6-8-16(9-7-15)35-22(26,27)28/h1-2,4-9H,3,10-14H2,(H,29,34)(H,30,33). The number of nitrogens with zero attached hydrogens (tertiary/aromatic N) is 2. The molecule has 1 heterocycles. The highest BCUT2D eigenvalue weighted by Crippen LogP contribution is 2.37. The van der Waals surface area contributed by atoms with Crippen molar-refractivity contribution in [1.82, 2.24) is 9.80 Å². The Balaban J connectivity index is 1.50.